The van der Waals surface area contributed by atoms with Crippen LogP contribution in [0.25, 0.3) is 55.8 Å². The SMILES string of the molecule is CC(C)C(=O)Nc1cncc(-c2cc3c(-c4nc5c(-c6ccoc6)nccc5[nH]4)n[nH]c3cc2F)c1. The molecule has 5 heterocycles. The number of amides is 1. The molecule has 10 heteroatoms. The maximum absolute atomic E-state index is 15.1. The van der Waals surface area contributed by atoms with Crippen molar-refractivity contribution >= 4 is 33.5 Å². The minimum absolute atomic E-state index is 0.142. The molecular formula is C26H20FN7O2. The van der Waals surface area contributed by atoms with Crippen LogP contribution in [-0.4, -0.2) is 36.0 Å². The van der Waals surface area contributed by atoms with Gasteiger partial charge in [-0.25, -0.2) is 9.37 Å². The van der Waals surface area contributed by atoms with Gasteiger partial charge in [0, 0.05) is 46.5 Å². The summed E-state index contributed by atoms with van der Waals surface area (Å²) < 4.78 is 20.3. The Labute approximate surface area is 203 Å². The zero-order valence-corrected chi connectivity index (χ0v) is 19.3. The minimum Gasteiger partial charge on any atom is -0.472 e. The van der Waals surface area contributed by atoms with Crippen LogP contribution in [-0.2, 0) is 4.79 Å². The predicted molar refractivity (Wildman–Crippen MR) is 133 cm³/mol. The van der Waals surface area contributed by atoms with Gasteiger partial charge in [0.05, 0.1) is 35.4 Å². The van der Waals surface area contributed by atoms with Crippen molar-refractivity contribution in [3.05, 3.63) is 67.3 Å². The molecular weight excluding hydrogens is 461 g/mol. The molecule has 0 radical (unpaired) electrons. The third kappa shape index (κ3) is 3.68. The molecule has 6 aromatic rings. The average molecular weight is 481 g/mol. The number of pyridine rings is 2. The summed E-state index contributed by atoms with van der Waals surface area (Å²) >= 11 is 0. The van der Waals surface area contributed by atoms with E-state index in [2.05, 4.69) is 30.5 Å². The van der Waals surface area contributed by atoms with E-state index in [1.165, 1.54) is 12.3 Å². The number of carbonyl (C=O) groups excluding carboxylic acids is 1. The molecule has 9 nitrogen and oxygen atoms in total. The number of fused-ring (bicyclic) bond motifs is 2. The number of imidazole rings is 1. The number of hydrogen-bond donors (Lipinski definition) is 3. The van der Waals surface area contributed by atoms with Crippen molar-refractivity contribution in [2.75, 3.05) is 5.32 Å². The highest BCUT2D eigenvalue weighted by Crippen LogP contribution is 2.34. The molecule has 0 bridgehead atoms. The number of hydrogen-bond acceptors (Lipinski definition) is 6. The van der Waals surface area contributed by atoms with Gasteiger partial charge in [0.25, 0.3) is 0 Å². The number of carbonyl (C=O) groups is 1. The van der Waals surface area contributed by atoms with Crippen LogP contribution in [0.15, 0.2) is 65.9 Å². The molecule has 0 aliphatic heterocycles. The maximum Gasteiger partial charge on any atom is 0.226 e. The maximum atomic E-state index is 15.1. The highest BCUT2D eigenvalue weighted by molar-refractivity contribution is 5.98. The van der Waals surface area contributed by atoms with Crippen molar-refractivity contribution in [2.45, 2.75) is 13.8 Å². The fourth-order valence-corrected chi connectivity index (χ4v) is 4.04. The minimum atomic E-state index is -0.442. The van der Waals surface area contributed by atoms with E-state index in [1.807, 2.05) is 12.1 Å². The number of nitrogens with one attached hydrogen (secondary N) is 3. The molecule has 0 atom stereocenters. The Kier molecular flexibility index (Phi) is 5.06. The number of aromatic amines is 2. The predicted octanol–water partition coefficient (Wildman–Crippen LogP) is 5.56. The molecule has 0 spiro atoms. The Morgan fingerprint density at radius 1 is 1.08 bits per heavy atom. The van der Waals surface area contributed by atoms with E-state index in [9.17, 15) is 4.79 Å². The van der Waals surface area contributed by atoms with E-state index >= 15 is 4.39 Å². The second kappa shape index (κ2) is 8.42. The number of rotatable bonds is 5. The Morgan fingerprint density at radius 3 is 2.78 bits per heavy atom. The van der Waals surface area contributed by atoms with E-state index < -0.39 is 5.82 Å². The number of furan rings is 1. The largest absolute Gasteiger partial charge is 0.472 e. The summed E-state index contributed by atoms with van der Waals surface area (Å²) in [5.41, 5.74) is 5.37. The molecule has 6 rings (SSSR count). The number of anilines is 1. The van der Waals surface area contributed by atoms with E-state index in [-0.39, 0.29) is 11.8 Å². The summed E-state index contributed by atoms with van der Waals surface area (Å²) in [6, 6.07) is 8.44. The Morgan fingerprint density at radius 2 is 1.97 bits per heavy atom. The van der Waals surface area contributed by atoms with Crippen LogP contribution in [0.1, 0.15) is 13.8 Å². The van der Waals surface area contributed by atoms with Gasteiger partial charge in [-0.05, 0) is 24.3 Å². The van der Waals surface area contributed by atoms with Crippen LogP contribution in [0.5, 0.6) is 0 Å². The summed E-state index contributed by atoms with van der Waals surface area (Å²) in [7, 11) is 0. The quantitative estimate of drug-likeness (QED) is 0.296. The fourth-order valence-electron chi connectivity index (χ4n) is 4.04. The first kappa shape index (κ1) is 21.7. The smallest absolute Gasteiger partial charge is 0.226 e. The van der Waals surface area contributed by atoms with Crippen LogP contribution in [0.3, 0.4) is 0 Å². The number of aromatic nitrogens is 6. The molecule has 0 fully saturated rings. The molecule has 1 amide bonds. The molecule has 0 saturated heterocycles. The standard InChI is InChI=1S/C26H20FN7O2/c1-13(2)26(35)30-16-7-15(10-28-11-16)17-8-18-21(9-19(17)27)33-34-23(18)25-31-20-3-5-29-22(24(20)32-25)14-4-6-36-12-14/h3-13H,1-2H3,(H,30,35)(H,31,32)(H,33,34). The summed E-state index contributed by atoms with van der Waals surface area (Å²) in [5.74, 6) is -0.259. The van der Waals surface area contributed by atoms with Crippen molar-refractivity contribution in [1.29, 1.82) is 0 Å². The molecule has 0 unspecified atom stereocenters. The first-order valence-electron chi connectivity index (χ1n) is 11.3. The van der Waals surface area contributed by atoms with Gasteiger partial charge in [-0.3, -0.25) is 19.9 Å². The lowest BCUT2D eigenvalue weighted by molar-refractivity contribution is -0.118. The van der Waals surface area contributed by atoms with Gasteiger partial charge in [0.15, 0.2) is 5.82 Å². The topological polar surface area (TPSA) is 125 Å². The average Bonchev–Trinajstić information content (AvgIpc) is 3.62. The summed E-state index contributed by atoms with van der Waals surface area (Å²) in [6.45, 7) is 3.60. The molecule has 0 aliphatic carbocycles. The van der Waals surface area contributed by atoms with Gasteiger partial charge < -0.3 is 14.7 Å². The van der Waals surface area contributed by atoms with Crippen molar-refractivity contribution < 1.29 is 13.6 Å². The monoisotopic (exact) mass is 481 g/mol. The van der Waals surface area contributed by atoms with Crippen LogP contribution in [0.2, 0.25) is 0 Å². The van der Waals surface area contributed by atoms with Crippen LogP contribution >= 0.6 is 0 Å². The van der Waals surface area contributed by atoms with Crippen LogP contribution < -0.4 is 5.32 Å². The number of H-pyrrole nitrogens is 2. The lowest BCUT2D eigenvalue weighted by atomic mass is 10.0. The Balaban J connectivity index is 1.44. The first-order chi connectivity index (χ1) is 17.5. The normalized spacial score (nSPS) is 11.6. The highest BCUT2D eigenvalue weighted by Gasteiger charge is 2.19. The lowest BCUT2D eigenvalue weighted by Gasteiger charge is -2.09. The van der Waals surface area contributed by atoms with Gasteiger partial charge >= 0.3 is 0 Å². The zero-order valence-electron chi connectivity index (χ0n) is 19.3. The second-order valence-electron chi connectivity index (χ2n) is 8.71. The van der Waals surface area contributed by atoms with Crippen LogP contribution in [0.4, 0.5) is 10.1 Å². The second-order valence-corrected chi connectivity index (χ2v) is 8.71. The molecule has 1 aromatic carbocycles. The van der Waals surface area contributed by atoms with E-state index in [0.717, 1.165) is 11.1 Å². The molecule has 0 saturated carbocycles. The van der Waals surface area contributed by atoms with Crippen molar-refractivity contribution in [3.8, 4) is 33.9 Å². The van der Waals surface area contributed by atoms with Crippen molar-refractivity contribution in [2.24, 2.45) is 5.92 Å². The molecule has 178 valence electrons. The van der Waals surface area contributed by atoms with E-state index in [4.69, 9.17) is 9.40 Å². The first-order valence-corrected chi connectivity index (χ1v) is 11.3. The molecule has 5 aromatic heterocycles. The lowest BCUT2D eigenvalue weighted by Crippen LogP contribution is -2.17. The van der Waals surface area contributed by atoms with E-state index in [0.29, 0.717) is 50.4 Å². The van der Waals surface area contributed by atoms with Gasteiger partial charge in [-0.15, -0.1) is 0 Å². The van der Waals surface area contributed by atoms with Gasteiger partial charge in [0.1, 0.15) is 22.7 Å². The summed E-state index contributed by atoms with van der Waals surface area (Å²) in [4.78, 5) is 28.8. The highest BCUT2D eigenvalue weighted by atomic mass is 19.1. The number of benzene rings is 1. The molecule has 3 N–H and O–H groups in total. The third-order valence-corrected chi connectivity index (χ3v) is 5.91. The third-order valence-electron chi connectivity index (χ3n) is 5.91. The summed E-state index contributed by atoms with van der Waals surface area (Å²) in [5, 5.41) is 10.8. The zero-order chi connectivity index (χ0) is 24.8. The number of halogens is 1. The van der Waals surface area contributed by atoms with Gasteiger partial charge in [-0.2, -0.15) is 5.10 Å². The van der Waals surface area contributed by atoms with Crippen molar-refractivity contribution in [3.63, 3.8) is 0 Å². The van der Waals surface area contributed by atoms with E-state index in [1.54, 1.807) is 50.9 Å². The molecule has 36 heavy (non-hydrogen) atoms. The molecule has 0 aliphatic rings. The van der Waals surface area contributed by atoms with Gasteiger partial charge in [0.2, 0.25) is 5.91 Å². The van der Waals surface area contributed by atoms with Crippen LogP contribution in [0, 0.1) is 11.7 Å². The fraction of sp³-hybridized carbons (Fsp3) is 0.115. The Hall–Kier alpha value is -4.86. The number of nitrogens with zero attached hydrogens (tertiary/aromatic N) is 4. The Bertz CT molecular complexity index is 1730. The van der Waals surface area contributed by atoms with Crippen molar-refractivity contribution in [1.82, 2.24) is 30.1 Å². The van der Waals surface area contributed by atoms with Gasteiger partial charge in [-0.1, -0.05) is 13.8 Å². The summed E-state index contributed by atoms with van der Waals surface area (Å²) in [6.07, 6.45) is 7.98.